The van der Waals surface area contributed by atoms with Crippen molar-refractivity contribution < 1.29 is 22.7 Å². The van der Waals surface area contributed by atoms with E-state index in [1.54, 1.807) is 0 Å². The van der Waals surface area contributed by atoms with Crippen LogP contribution in [0.4, 0.5) is 5.13 Å². The number of ether oxygens (including phenoxy) is 2. The maximum Gasteiger partial charge on any atom is 0.244 e. The van der Waals surface area contributed by atoms with Crippen molar-refractivity contribution in [3.63, 3.8) is 0 Å². The summed E-state index contributed by atoms with van der Waals surface area (Å²) >= 11 is 1.30. The van der Waals surface area contributed by atoms with Gasteiger partial charge >= 0.3 is 0 Å². The van der Waals surface area contributed by atoms with Crippen molar-refractivity contribution in [3.05, 3.63) is 23.6 Å². The summed E-state index contributed by atoms with van der Waals surface area (Å²) in [6.07, 6.45) is 3.24. The first-order valence-electron chi connectivity index (χ1n) is 8.55. The lowest BCUT2D eigenvalue weighted by molar-refractivity contribution is -0.120. The predicted octanol–water partition coefficient (Wildman–Crippen LogP) is 2.29. The van der Waals surface area contributed by atoms with E-state index >= 15 is 0 Å². The molecule has 0 aliphatic carbocycles. The van der Waals surface area contributed by atoms with E-state index in [1.165, 1.54) is 15.6 Å². The van der Waals surface area contributed by atoms with Crippen molar-refractivity contribution in [1.82, 2.24) is 9.29 Å². The van der Waals surface area contributed by atoms with E-state index in [0.717, 1.165) is 24.7 Å². The Morgan fingerprint density at radius 3 is 2.93 bits per heavy atom. The van der Waals surface area contributed by atoms with Gasteiger partial charge in [-0.1, -0.05) is 6.42 Å². The van der Waals surface area contributed by atoms with Crippen molar-refractivity contribution in [2.24, 2.45) is 0 Å². The summed E-state index contributed by atoms with van der Waals surface area (Å²) in [6.45, 7) is 0.576. The number of nitrogens with one attached hydrogen (secondary N) is 1. The smallest absolute Gasteiger partial charge is 0.244 e. The average molecular weight is 409 g/mol. The SMILES string of the molecule is CS(=O)(=O)N1CCCCC1C(=O)Nc1nc(-c2ccc3c(c2)OCO3)cs1. The number of rotatable bonds is 4. The third-order valence-corrected chi connectivity index (χ3v) is 6.63. The van der Waals surface area contributed by atoms with Gasteiger partial charge in [0.05, 0.1) is 11.9 Å². The van der Waals surface area contributed by atoms with Gasteiger partial charge in [-0.15, -0.1) is 11.3 Å². The molecule has 1 N–H and O–H groups in total. The molecule has 8 nitrogen and oxygen atoms in total. The molecular formula is C17H19N3O5S2. The second kappa shape index (κ2) is 7.10. The van der Waals surface area contributed by atoms with Gasteiger partial charge < -0.3 is 14.8 Å². The Morgan fingerprint density at radius 2 is 2.11 bits per heavy atom. The van der Waals surface area contributed by atoms with E-state index in [9.17, 15) is 13.2 Å². The minimum absolute atomic E-state index is 0.204. The largest absolute Gasteiger partial charge is 0.454 e. The molecule has 27 heavy (non-hydrogen) atoms. The first kappa shape index (κ1) is 18.2. The van der Waals surface area contributed by atoms with Gasteiger partial charge in [-0.2, -0.15) is 4.31 Å². The lowest BCUT2D eigenvalue weighted by atomic mass is 10.0. The Kier molecular flexibility index (Phi) is 4.79. The number of amides is 1. The van der Waals surface area contributed by atoms with E-state index in [-0.39, 0.29) is 12.7 Å². The molecule has 0 spiro atoms. The molecule has 0 bridgehead atoms. The Morgan fingerprint density at radius 1 is 1.30 bits per heavy atom. The molecule has 2 aliphatic heterocycles. The van der Waals surface area contributed by atoms with Crippen LogP contribution in [0, 0.1) is 0 Å². The van der Waals surface area contributed by atoms with Crippen LogP contribution in [0.5, 0.6) is 11.5 Å². The van der Waals surface area contributed by atoms with Crippen LogP contribution in [0.15, 0.2) is 23.6 Å². The molecule has 0 saturated carbocycles. The van der Waals surface area contributed by atoms with Crippen molar-refractivity contribution >= 4 is 32.4 Å². The van der Waals surface area contributed by atoms with Crippen LogP contribution in [0.3, 0.4) is 0 Å². The quantitative estimate of drug-likeness (QED) is 0.832. The van der Waals surface area contributed by atoms with Crippen molar-refractivity contribution in [3.8, 4) is 22.8 Å². The van der Waals surface area contributed by atoms with Gasteiger partial charge in [0.25, 0.3) is 0 Å². The number of benzene rings is 1. The lowest BCUT2D eigenvalue weighted by Gasteiger charge is -2.32. The van der Waals surface area contributed by atoms with Crippen LogP contribution in [0.2, 0.25) is 0 Å². The van der Waals surface area contributed by atoms with Crippen LogP contribution >= 0.6 is 11.3 Å². The fourth-order valence-electron chi connectivity index (χ4n) is 3.27. The van der Waals surface area contributed by atoms with Crippen LogP contribution in [-0.2, 0) is 14.8 Å². The average Bonchev–Trinajstić information content (AvgIpc) is 3.29. The lowest BCUT2D eigenvalue weighted by Crippen LogP contribution is -2.49. The fraction of sp³-hybridized carbons (Fsp3) is 0.412. The molecule has 1 fully saturated rings. The number of nitrogens with zero attached hydrogens (tertiary/aromatic N) is 2. The van der Waals surface area contributed by atoms with Gasteiger partial charge in [-0.3, -0.25) is 4.79 Å². The molecule has 2 aromatic rings. The second-order valence-electron chi connectivity index (χ2n) is 6.48. The zero-order chi connectivity index (χ0) is 19.0. The van der Waals surface area contributed by atoms with Crippen molar-refractivity contribution in [1.29, 1.82) is 0 Å². The van der Waals surface area contributed by atoms with E-state index in [0.29, 0.717) is 35.3 Å². The number of sulfonamides is 1. The first-order chi connectivity index (χ1) is 12.9. The van der Waals surface area contributed by atoms with Crippen molar-refractivity contribution in [2.45, 2.75) is 25.3 Å². The van der Waals surface area contributed by atoms with E-state index in [4.69, 9.17) is 9.47 Å². The fourth-order valence-corrected chi connectivity index (χ4v) is 5.12. The van der Waals surface area contributed by atoms with Crippen LogP contribution in [0.1, 0.15) is 19.3 Å². The summed E-state index contributed by atoms with van der Waals surface area (Å²) in [6, 6.07) is 4.85. The molecule has 1 saturated heterocycles. The molecule has 1 atom stereocenters. The molecule has 0 radical (unpaired) electrons. The topological polar surface area (TPSA) is 97.8 Å². The summed E-state index contributed by atoms with van der Waals surface area (Å²) in [7, 11) is -3.43. The van der Waals surface area contributed by atoms with Gasteiger partial charge in [0.15, 0.2) is 16.6 Å². The molecule has 2 aliphatic rings. The van der Waals surface area contributed by atoms with Gasteiger partial charge in [0.2, 0.25) is 22.7 Å². The highest BCUT2D eigenvalue weighted by Gasteiger charge is 2.34. The molecule has 10 heteroatoms. The van der Waals surface area contributed by atoms with E-state index in [2.05, 4.69) is 10.3 Å². The van der Waals surface area contributed by atoms with Crippen LogP contribution in [-0.4, -0.2) is 49.2 Å². The maximum absolute atomic E-state index is 12.6. The third kappa shape index (κ3) is 3.78. The third-order valence-electron chi connectivity index (χ3n) is 4.58. The number of carbonyl (C=O) groups is 1. The molecule has 4 rings (SSSR count). The van der Waals surface area contributed by atoms with E-state index < -0.39 is 16.1 Å². The van der Waals surface area contributed by atoms with Crippen molar-refractivity contribution in [2.75, 3.05) is 24.9 Å². The Balaban J connectivity index is 1.49. The highest BCUT2D eigenvalue weighted by Crippen LogP contribution is 2.36. The van der Waals surface area contributed by atoms with Gasteiger partial charge in [0, 0.05) is 17.5 Å². The summed E-state index contributed by atoms with van der Waals surface area (Å²) in [5.41, 5.74) is 1.56. The number of piperidine rings is 1. The summed E-state index contributed by atoms with van der Waals surface area (Å²) in [5, 5.41) is 5.04. The van der Waals surface area contributed by atoms with Gasteiger partial charge in [0.1, 0.15) is 6.04 Å². The van der Waals surface area contributed by atoms with E-state index in [1.807, 2.05) is 23.6 Å². The molecular weight excluding hydrogens is 390 g/mol. The van der Waals surface area contributed by atoms with Crippen LogP contribution < -0.4 is 14.8 Å². The normalized spacial score (nSPS) is 19.8. The summed E-state index contributed by atoms with van der Waals surface area (Å²) in [4.78, 5) is 17.1. The zero-order valence-electron chi connectivity index (χ0n) is 14.7. The zero-order valence-corrected chi connectivity index (χ0v) is 16.3. The molecule has 1 aromatic carbocycles. The minimum Gasteiger partial charge on any atom is -0.454 e. The molecule has 1 amide bonds. The number of anilines is 1. The number of carbonyl (C=O) groups excluding carboxylic acids is 1. The number of thiazole rings is 1. The van der Waals surface area contributed by atoms with Crippen LogP contribution in [0.25, 0.3) is 11.3 Å². The number of hydrogen-bond acceptors (Lipinski definition) is 7. The number of hydrogen-bond donors (Lipinski definition) is 1. The standard InChI is InChI=1S/C17H19N3O5S2/c1-27(22,23)20-7-3-2-4-13(20)16(21)19-17-18-12(9-26-17)11-5-6-14-15(8-11)25-10-24-14/h5-6,8-9,13H,2-4,7,10H2,1H3,(H,18,19,21). The maximum atomic E-state index is 12.6. The highest BCUT2D eigenvalue weighted by atomic mass is 32.2. The first-order valence-corrected chi connectivity index (χ1v) is 11.3. The number of fused-ring (bicyclic) bond motifs is 1. The molecule has 144 valence electrons. The minimum atomic E-state index is -3.43. The van der Waals surface area contributed by atoms with Gasteiger partial charge in [-0.25, -0.2) is 13.4 Å². The summed E-state index contributed by atoms with van der Waals surface area (Å²) < 4.78 is 35.8. The highest BCUT2D eigenvalue weighted by molar-refractivity contribution is 7.88. The molecule has 1 unspecified atom stereocenters. The Bertz CT molecular complexity index is 973. The number of aromatic nitrogens is 1. The summed E-state index contributed by atoms with van der Waals surface area (Å²) in [5.74, 6) is 1.02. The monoisotopic (exact) mass is 409 g/mol. The predicted molar refractivity (Wildman–Crippen MR) is 101 cm³/mol. The molecule has 3 heterocycles. The second-order valence-corrected chi connectivity index (χ2v) is 9.27. The molecule has 1 aromatic heterocycles. The Labute approximate surface area is 161 Å². The van der Waals surface area contributed by atoms with Gasteiger partial charge in [-0.05, 0) is 31.0 Å². The Hall–Kier alpha value is -2.17.